The van der Waals surface area contributed by atoms with Gasteiger partial charge >= 0.3 is 0 Å². The van der Waals surface area contributed by atoms with E-state index in [0.29, 0.717) is 31.3 Å². The highest BCUT2D eigenvalue weighted by Crippen LogP contribution is 2.18. The average Bonchev–Trinajstić information content (AvgIpc) is 2.82. The summed E-state index contributed by atoms with van der Waals surface area (Å²) in [6.07, 6.45) is 5.13. The van der Waals surface area contributed by atoms with Gasteiger partial charge in [0.2, 0.25) is 5.91 Å². The molecule has 1 aliphatic heterocycles. The van der Waals surface area contributed by atoms with E-state index in [0.717, 1.165) is 29.1 Å². The first-order chi connectivity index (χ1) is 16.0. The predicted octanol–water partition coefficient (Wildman–Crippen LogP) is 4.03. The normalized spacial score (nSPS) is 15.1. The van der Waals surface area contributed by atoms with Crippen molar-refractivity contribution in [3.63, 3.8) is 0 Å². The van der Waals surface area contributed by atoms with E-state index in [-0.39, 0.29) is 11.5 Å². The second-order valence-electron chi connectivity index (χ2n) is 9.37. The van der Waals surface area contributed by atoms with Crippen LogP contribution < -0.4 is 10.9 Å². The van der Waals surface area contributed by atoms with Crippen LogP contribution in [0.5, 0.6) is 0 Å². The minimum atomic E-state index is -0.0525. The molecule has 33 heavy (non-hydrogen) atoms. The fraction of sp³-hybridized carbons (Fsp3) is 0.444. The number of nitrogens with one attached hydrogen (secondary N) is 1. The first kappa shape index (κ1) is 23.2. The molecule has 1 amide bonds. The third kappa shape index (κ3) is 6.08. The van der Waals surface area contributed by atoms with Gasteiger partial charge in [0, 0.05) is 26.1 Å². The fourth-order valence-corrected chi connectivity index (χ4v) is 4.44. The minimum absolute atomic E-state index is 0.000783. The number of carbonyl (C=O) groups excluding carboxylic acids is 1. The number of aryl methyl sites for hydroxylation is 2. The van der Waals surface area contributed by atoms with Crippen LogP contribution in [-0.2, 0) is 24.4 Å². The van der Waals surface area contributed by atoms with E-state index in [1.165, 1.54) is 31.5 Å². The highest BCUT2D eigenvalue weighted by atomic mass is 16.1. The summed E-state index contributed by atoms with van der Waals surface area (Å²) in [5.74, 6) is 0.848. The lowest BCUT2D eigenvalue weighted by Gasteiger charge is -2.30. The summed E-state index contributed by atoms with van der Waals surface area (Å²) in [7, 11) is 0. The summed E-state index contributed by atoms with van der Waals surface area (Å²) in [6.45, 7) is 8.65. The van der Waals surface area contributed by atoms with Crippen molar-refractivity contribution < 1.29 is 4.79 Å². The highest BCUT2D eigenvalue weighted by molar-refractivity contribution is 5.80. The van der Waals surface area contributed by atoms with Crippen LogP contribution >= 0.6 is 0 Å². The molecule has 0 atom stereocenters. The zero-order valence-electron chi connectivity index (χ0n) is 19.7. The van der Waals surface area contributed by atoms with E-state index in [1.807, 2.05) is 19.1 Å². The smallest absolute Gasteiger partial charge is 0.261 e. The van der Waals surface area contributed by atoms with Crippen molar-refractivity contribution in [2.75, 3.05) is 13.1 Å². The molecule has 6 nitrogen and oxygen atoms in total. The molecular formula is C27H34N4O2. The van der Waals surface area contributed by atoms with Crippen molar-refractivity contribution in [1.82, 2.24) is 19.8 Å². The van der Waals surface area contributed by atoms with Crippen LogP contribution in [0.3, 0.4) is 0 Å². The van der Waals surface area contributed by atoms with E-state index in [1.54, 1.807) is 17.0 Å². The maximum absolute atomic E-state index is 12.7. The second-order valence-corrected chi connectivity index (χ2v) is 9.37. The maximum atomic E-state index is 12.7. The molecule has 1 fully saturated rings. The van der Waals surface area contributed by atoms with Crippen LogP contribution in [0.15, 0.2) is 53.6 Å². The topological polar surface area (TPSA) is 67.2 Å². The van der Waals surface area contributed by atoms with Crippen LogP contribution in [-0.4, -0.2) is 33.4 Å². The summed E-state index contributed by atoms with van der Waals surface area (Å²) in [5, 5.41) is 3.62. The molecule has 0 bridgehead atoms. The number of hydrogen-bond acceptors (Lipinski definition) is 4. The third-order valence-electron chi connectivity index (χ3n) is 6.65. The Bertz CT molecular complexity index is 1140. The molecule has 0 spiro atoms. The van der Waals surface area contributed by atoms with E-state index in [2.05, 4.69) is 46.4 Å². The number of aromatic nitrogens is 2. The molecule has 6 heteroatoms. The molecule has 0 saturated carbocycles. The van der Waals surface area contributed by atoms with Gasteiger partial charge in [-0.1, -0.05) is 43.3 Å². The molecule has 1 N–H and O–H groups in total. The minimum Gasteiger partial charge on any atom is -0.352 e. The molecule has 174 valence electrons. The molecule has 2 heterocycles. The van der Waals surface area contributed by atoms with Gasteiger partial charge in [-0.2, -0.15) is 0 Å². The average molecular weight is 447 g/mol. The van der Waals surface area contributed by atoms with Crippen molar-refractivity contribution >= 4 is 16.8 Å². The first-order valence-corrected chi connectivity index (χ1v) is 12.0. The number of amides is 1. The Hall–Kier alpha value is -2.99. The lowest BCUT2D eigenvalue weighted by Crippen LogP contribution is -2.32. The molecule has 3 aromatic rings. The van der Waals surface area contributed by atoms with Crippen LogP contribution in [0, 0.1) is 12.8 Å². The Kier molecular flexibility index (Phi) is 7.55. The van der Waals surface area contributed by atoms with Crippen molar-refractivity contribution in [3.8, 4) is 0 Å². The summed E-state index contributed by atoms with van der Waals surface area (Å²) < 4.78 is 1.59. The number of hydrogen-bond donors (Lipinski definition) is 1. The second kappa shape index (κ2) is 10.8. The van der Waals surface area contributed by atoms with Crippen LogP contribution in [0.2, 0.25) is 0 Å². The molecule has 4 rings (SSSR count). The summed E-state index contributed by atoms with van der Waals surface area (Å²) in [6, 6.07) is 14.2. The SMILES string of the molecule is Cc1cccc2c(=O)n(CCCC(=O)NCc3ccc(CN4CCC(C)CC4)cc3)cnc12. The molecule has 1 aromatic heterocycles. The van der Waals surface area contributed by atoms with Gasteiger partial charge in [-0.3, -0.25) is 19.1 Å². The largest absolute Gasteiger partial charge is 0.352 e. The van der Waals surface area contributed by atoms with Crippen LogP contribution in [0.1, 0.15) is 49.3 Å². The standard InChI is InChI=1S/C27H34N4O2/c1-20-12-15-30(16-13-20)18-23-10-8-22(9-11-23)17-28-25(32)7-4-14-31-19-29-26-21(2)5-3-6-24(26)27(31)33/h3,5-6,8-11,19-20H,4,7,12-18H2,1-2H3,(H,28,32). The summed E-state index contributed by atoms with van der Waals surface area (Å²) >= 11 is 0. The molecule has 2 aromatic carbocycles. The number of likely N-dealkylation sites (tertiary alicyclic amines) is 1. The Morgan fingerprint density at radius 3 is 2.58 bits per heavy atom. The number of carbonyl (C=O) groups is 1. The maximum Gasteiger partial charge on any atom is 0.261 e. The monoisotopic (exact) mass is 446 g/mol. The van der Waals surface area contributed by atoms with Gasteiger partial charge in [0.15, 0.2) is 0 Å². The van der Waals surface area contributed by atoms with Gasteiger partial charge in [0.1, 0.15) is 0 Å². The van der Waals surface area contributed by atoms with E-state index in [9.17, 15) is 9.59 Å². The van der Waals surface area contributed by atoms with Crippen molar-refractivity contribution in [3.05, 3.63) is 75.8 Å². The fourth-order valence-electron chi connectivity index (χ4n) is 4.44. The van der Waals surface area contributed by atoms with Gasteiger partial charge in [0.05, 0.1) is 17.2 Å². The number of benzene rings is 2. The third-order valence-corrected chi connectivity index (χ3v) is 6.65. The zero-order chi connectivity index (χ0) is 23.2. The molecule has 0 aliphatic carbocycles. The molecule has 0 radical (unpaired) electrons. The van der Waals surface area contributed by atoms with E-state index < -0.39 is 0 Å². The van der Waals surface area contributed by atoms with Crippen molar-refractivity contribution in [1.29, 1.82) is 0 Å². The molecular weight excluding hydrogens is 412 g/mol. The summed E-state index contributed by atoms with van der Waals surface area (Å²) in [4.78, 5) is 31.9. The molecule has 1 aliphatic rings. The van der Waals surface area contributed by atoms with Gasteiger partial charge in [-0.25, -0.2) is 4.98 Å². The Morgan fingerprint density at radius 2 is 1.82 bits per heavy atom. The lowest BCUT2D eigenvalue weighted by molar-refractivity contribution is -0.121. The Morgan fingerprint density at radius 1 is 1.09 bits per heavy atom. The van der Waals surface area contributed by atoms with Crippen molar-refractivity contribution in [2.45, 2.75) is 59.2 Å². The zero-order valence-corrected chi connectivity index (χ0v) is 19.7. The molecule has 0 unspecified atom stereocenters. The predicted molar refractivity (Wildman–Crippen MR) is 132 cm³/mol. The van der Waals surface area contributed by atoms with Gasteiger partial charge in [-0.05, 0) is 68.0 Å². The highest BCUT2D eigenvalue weighted by Gasteiger charge is 2.15. The number of nitrogens with zero attached hydrogens (tertiary/aromatic N) is 3. The van der Waals surface area contributed by atoms with E-state index >= 15 is 0 Å². The number of para-hydroxylation sites is 1. The van der Waals surface area contributed by atoms with Gasteiger partial charge < -0.3 is 5.32 Å². The quantitative estimate of drug-likeness (QED) is 0.567. The Balaban J connectivity index is 1.21. The van der Waals surface area contributed by atoms with Crippen molar-refractivity contribution in [2.24, 2.45) is 5.92 Å². The van der Waals surface area contributed by atoms with Gasteiger partial charge in [0.25, 0.3) is 5.56 Å². The number of piperidine rings is 1. The van der Waals surface area contributed by atoms with E-state index in [4.69, 9.17) is 0 Å². The number of fused-ring (bicyclic) bond motifs is 1. The van der Waals surface area contributed by atoms with Crippen LogP contribution in [0.4, 0.5) is 0 Å². The van der Waals surface area contributed by atoms with Gasteiger partial charge in [-0.15, -0.1) is 0 Å². The lowest BCUT2D eigenvalue weighted by atomic mass is 9.99. The molecule has 1 saturated heterocycles. The summed E-state index contributed by atoms with van der Waals surface area (Å²) in [5.41, 5.74) is 4.11. The number of rotatable bonds is 8. The Labute approximate surface area is 195 Å². The first-order valence-electron chi connectivity index (χ1n) is 12.0. The van der Waals surface area contributed by atoms with Crippen LogP contribution in [0.25, 0.3) is 10.9 Å².